The van der Waals surface area contributed by atoms with Crippen LogP contribution in [0.5, 0.6) is 0 Å². The molecule has 0 bridgehead atoms. The number of hydrogen-bond acceptors (Lipinski definition) is 3. The highest BCUT2D eigenvalue weighted by molar-refractivity contribution is 6.30. The van der Waals surface area contributed by atoms with Gasteiger partial charge in [-0.25, -0.2) is 9.78 Å². The Morgan fingerprint density at radius 2 is 2.00 bits per heavy atom. The van der Waals surface area contributed by atoms with E-state index in [-0.39, 0.29) is 5.69 Å². The SMILES string of the molecule is O=c1[nH]cnc2c(-c3ccc(Cl)cc3)cnn12. The third-order valence-corrected chi connectivity index (χ3v) is 2.72. The minimum Gasteiger partial charge on any atom is -0.296 e. The molecule has 0 saturated carbocycles. The van der Waals surface area contributed by atoms with Gasteiger partial charge in [-0.05, 0) is 17.7 Å². The highest BCUT2D eigenvalue weighted by atomic mass is 35.5. The molecule has 0 fully saturated rings. The Kier molecular flexibility index (Phi) is 2.19. The number of nitrogens with one attached hydrogen (secondary N) is 1. The van der Waals surface area contributed by atoms with Crippen molar-refractivity contribution in [1.29, 1.82) is 0 Å². The Balaban J connectivity index is 2.28. The minimum absolute atomic E-state index is 0.310. The van der Waals surface area contributed by atoms with E-state index >= 15 is 0 Å². The maximum atomic E-state index is 11.5. The lowest BCUT2D eigenvalue weighted by atomic mass is 10.1. The molecule has 0 radical (unpaired) electrons. The van der Waals surface area contributed by atoms with Crippen molar-refractivity contribution in [3.05, 3.63) is 52.3 Å². The molecule has 3 rings (SSSR count). The molecule has 6 heteroatoms. The fraction of sp³-hybridized carbons (Fsp3) is 0. The van der Waals surface area contributed by atoms with Crippen LogP contribution in [0.25, 0.3) is 16.8 Å². The van der Waals surface area contributed by atoms with Crippen LogP contribution in [0, 0.1) is 0 Å². The Morgan fingerprint density at radius 3 is 2.76 bits per heavy atom. The Morgan fingerprint density at radius 1 is 1.24 bits per heavy atom. The second-order valence-corrected chi connectivity index (χ2v) is 3.94. The van der Waals surface area contributed by atoms with Gasteiger partial charge >= 0.3 is 5.69 Å². The highest BCUT2D eigenvalue weighted by Crippen LogP contribution is 2.23. The summed E-state index contributed by atoms with van der Waals surface area (Å²) in [4.78, 5) is 18.0. The lowest BCUT2D eigenvalue weighted by Gasteiger charge is -1.98. The van der Waals surface area contributed by atoms with Crippen LogP contribution >= 0.6 is 11.6 Å². The van der Waals surface area contributed by atoms with E-state index in [0.29, 0.717) is 10.7 Å². The molecule has 0 aliphatic carbocycles. The zero-order valence-corrected chi connectivity index (χ0v) is 9.35. The fourth-order valence-corrected chi connectivity index (χ4v) is 1.78. The molecule has 0 aliphatic heterocycles. The molecule has 17 heavy (non-hydrogen) atoms. The average Bonchev–Trinajstić information content (AvgIpc) is 2.75. The first kappa shape index (κ1) is 10.0. The van der Waals surface area contributed by atoms with Gasteiger partial charge in [0, 0.05) is 10.6 Å². The molecule has 1 aromatic carbocycles. The van der Waals surface area contributed by atoms with Crippen LogP contribution < -0.4 is 5.69 Å². The first-order valence-electron chi connectivity index (χ1n) is 4.93. The number of rotatable bonds is 1. The normalized spacial score (nSPS) is 10.9. The number of aromatic nitrogens is 4. The molecular formula is C11H7ClN4O. The second-order valence-electron chi connectivity index (χ2n) is 3.51. The van der Waals surface area contributed by atoms with Crippen LogP contribution in [0.2, 0.25) is 5.02 Å². The Labute approximate surface area is 101 Å². The molecular weight excluding hydrogens is 240 g/mol. The first-order chi connectivity index (χ1) is 8.25. The van der Waals surface area contributed by atoms with Crippen LogP contribution in [0.3, 0.4) is 0 Å². The van der Waals surface area contributed by atoms with Gasteiger partial charge in [0.15, 0.2) is 5.65 Å². The number of halogens is 1. The van der Waals surface area contributed by atoms with E-state index in [0.717, 1.165) is 11.1 Å². The molecule has 2 heterocycles. The van der Waals surface area contributed by atoms with Crippen molar-refractivity contribution >= 4 is 17.2 Å². The summed E-state index contributed by atoms with van der Waals surface area (Å²) in [6.45, 7) is 0. The van der Waals surface area contributed by atoms with E-state index in [2.05, 4.69) is 15.1 Å². The molecule has 0 unspecified atom stereocenters. The monoisotopic (exact) mass is 246 g/mol. The van der Waals surface area contributed by atoms with Crippen LogP contribution in [0.1, 0.15) is 0 Å². The zero-order chi connectivity index (χ0) is 11.8. The van der Waals surface area contributed by atoms with Crippen molar-refractivity contribution in [1.82, 2.24) is 19.6 Å². The predicted molar refractivity (Wildman–Crippen MR) is 64.1 cm³/mol. The van der Waals surface area contributed by atoms with Gasteiger partial charge in [0.25, 0.3) is 0 Å². The van der Waals surface area contributed by atoms with Gasteiger partial charge in [0.2, 0.25) is 0 Å². The fourth-order valence-electron chi connectivity index (χ4n) is 1.66. The molecule has 0 spiro atoms. The summed E-state index contributed by atoms with van der Waals surface area (Å²) in [5, 5.41) is 4.66. The quantitative estimate of drug-likeness (QED) is 0.711. The molecule has 3 aromatic rings. The molecule has 5 nitrogen and oxygen atoms in total. The summed E-state index contributed by atoms with van der Waals surface area (Å²) in [6.07, 6.45) is 2.97. The summed E-state index contributed by atoms with van der Waals surface area (Å²) in [6, 6.07) is 7.30. The van der Waals surface area contributed by atoms with Gasteiger partial charge in [-0.2, -0.15) is 9.61 Å². The highest BCUT2D eigenvalue weighted by Gasteiger charge is 2.08. The summed E-state index contributed by atoms with van der Waals surface area (Å²) < 4.78 is 1.23. The maximum absolute atomic E-state index is 11.5. The van der Waals surface area contributed by atoms with Crippen molar-refractivity contribution in [2.45, 2.75) is 0 Å². The molecule has 0 atom stereocenters. The number of nitrogens with zero attached hydrogens (tertiary/aromatic N) is 3. The van der Waals surface area contributed by atoms with Crippen molar-refractivity contribution < 1.29 is 0 Å². The van der Waals surface area contributed by atoms with E-state index in [1.165, 1.54) is 10.8 Å². The van der Waals surface area contributed by atoms with Crippen molar-refractivity contribution in [3.63, 3.8) is 0 Å². The molecule has 1 N–H and O–H groups in total. The smallest absolute Gasteiger partial charge is 0.296 e. The molecule has 84 valence electrons. The first-order valence-corrected chi connectivity index (χ1v) is 5.31. The number of benzene rings is 1. The van der Waals surface area contributed by atoms with Gasteiger partial charge in [0.1, 0.15) is 0 Å². The van der Waals surface area contributed by atoms with E-state index < -0.39 is 0 Å². The van der Waals surface area contributed by atoms with Crippen molar-refractivity contribution in [2.24, 2.45) is 0 Å². The predicted octanol–water partition coefficient (Wildman–Crippen LogP) is 1.74. The lowest BCUT2D eigenvalue weighted by Crippen LogP contribution is -2.17. The number of aromatic amines is 1. The molecule has 0 amide bonds. The van der Waals surface area contributed by atoms with E-state index in [1.54, 1.807) is 18.3 Å². The number of H-pyrrole nitrogens is 1. The van der Waals surface area contributed by atoms with Gasteiger partial charge in [-0.1, -0.05) is 23.7 Å². The minimum atomic E-state index is -0.310. The van der Waals surface area contributed by atoms with Crippen molar-refractivity contribution in [2.75, 3.05) is 0 Å². The Bertz CT molecular complexity index is 729. The third-order valence-electron chi connectivity index (χ3n) is 2.47. The van der Waals surface area contributed by atoms with Crippen LogP contribution in [0.4, 0.5) is 0 Å². The molecule has 0 saturated heterocycles. The van der Waals surface area contributed by atoms with Crippen LogP contribution in [-0.4, -0.2) is 19.6 Å². The zero-order valence-electron chi connectivity index (χ0n) is 8.59. The standard InChI is InChI=1S/C11H7ClN4O/c12-8-3-1-7(2-4-8)9-5-15-16-10(9)13-6-14-11(16)17/h1-6H,(H,13,14,17). The van der Waals surface area contributed by atoms with Gasteiger partial charge in [0.05, 0.1) is 12.5 Å². The van der Waals surface area contributed by atoms with Crippen molar-refractivity contribution in [3.8, 4) is 11.1 Å². The van der Waals surface area contributed by atoms with Gasteiger partial charge in [-0.15, -0.1) is 0 Å². The van der Waals surface area contributed by atoms with Crippen LogP contribution in [-0.2, 0) is 0 Å². The Hall–Kier alpha value is -2.14. The van der Waals surface area contributed by atoms with E-state index in [9.17, 15) is 4.79 Å². The van der Waals surface area contributed by atoms with E-state index in [1.807, 2.05) is 12.1 Å². The second kappa shape index (κ2) is 3.71. The largest absolute Gasteiger partial charge is 0.349 e. The van der Waals surface area contributed by atoms with Gasteiger partial charge < -0.3 is 0 Å². The molecule has 2 aromatic heterocycles. The summed E-state index contributed by atoms with van der Waals surface area (Å²) >= 11 is 5.83. The topological polar surface area (TPSA) is 63.0 Å². The third kappa shape index (κ3) is 1.60. The maximum Gasteiger partial charge on any atom is 0.349 e. The number of fused-ring (bicyclic) bond motifs is 1. The van der Waals surface area contributed by atoms with Gasteiger partial charge in [-0.3, -0.25) is 4.98 Å². The lowest BCUT2D eigenvalue weighted by molar-refractivity contribution is 0.840. The molecule has 0 aliphatic rings. The van der Waals surface area contributed by atoms with E-state index in [4.69, 9.17) is 11.6 Å². The van der Waals surface area contributed by atoms with Crippen LogP contribution in [0.15, 0.2) is 41.6 Å². The average molecular weight is 247 g/mol. The summed E-state index contributed by atoms with van der Waals surface area (Å²) in [5.41, 5.74) is 1.93. The summed E-state index contributed by atoms with van der Waals surface area (Å²) in [5.74, 6) is 0. The summed E-state index contributed by atoms with van der Waals surface area (Å²) in [7, 11) is 0. The number of hydrogen-bond donors (Lipinski definition) is 1.